The fraction of sp³-hybridized carbons (Fsp3) is 0.667. The number of halogens is 3. The molecule has 5 heteroatoms. The monoisotopic (exact) mass is 324 g/mol. The lowest BCUT2D eigenvalue weighted by Gasteiger charge is -2.19. The first-order valence-electron chi connectivity index (χ1n) is 8.60. The third kappa shape index (κ3) is 3.56. The minimum absolute atomic E-state index is 0.519. The van der Waals surface area contributed by atoms with E-state index in [0.717, 1.165) is 36.3 Å². The molecule has 0 aromatic heterocycles. The van der Waals surface area contributed by atoms with Crippen molar-refractivity contribution in [2.24, 2.45) is 23.7 Å². The molecule has 2 saturated carbocycles. The predicted molar refractivity (Wildman–Crippen MR) is 82.8 cm³/mol. The molecule has 126 valence electrons. The van der Waals surface area contributed by atoms with E-state index < -0.39 is 11.7 Å². The summed E-state index contributed by atoms with van der Waals surface area (Å²) in [5.74, 6) is 3.34. The number of piperidine rings is 1. The third-order valence-corrected chi connectivity index (χ3v) is 5.62. The summed E-state index contributed by atoms with van der Waals surface area (Å²) >= 11 is 0. The summed E-state index contributed by atoms with van der Waals surface area (Å²) in [7, 11) is 0. The Morgan fingerprint density at radius 3 is 2.52 bits per heavy atom. The molecule has 1 N–H and O–H groups in total. The molecular weight excluding hydrogens is 301 g/mol. The molecule has 3 aliphatic rings. The van der Waals surface area contributed by atoms with Gasteiger partial charge in [0.2, 0.25) is 0 Å². The molecule has 0 radical (unpaired) electrons. The zero-order chi connectivity index (χ0) is 16.0. The second-order valence-corrected chi connectivity index (χ2v) is 7.48. The van der Waals surface area contributed by atoms with Crippen molar-refractivity contribution in [1.29, 1.82) is 0 Å². The number of hydrogen-bond acceptors (Lipinski definition) is 2. The van der Waals surface area contributed by atoms with Gasteiger partial charge in [0.15, 0.2) is 0 Å². The Balaban J connectivity index is 1.20. The highest BCUT2D eigenvalue weighted by Gasteiger charge is 2.55. The Hall–Kier alpha value is -1.07. The number of hydrogen-bond donors (Lipinski definition) is 1. The predicted octanol–water partition coefficient (Wildman–Crippen LogP) is 3.38. The van der Waals surface area contributed by atoms with Crippen LogP contribution in [0, 0.1) is 23.7 Å². The van der Waals surface area contributed by atoms with E-state index in [1.165, 1.54) is 44.6 Å². The Labute approximate surface area is 135 Å². The van der Waals surface area contributed by atoms with Gasteiger partial charge >= 0.3 is 6.18 Å². The average Bonchev–Trinajstić information content (AvgIpc) is 3.38. The minimum atomic E-state index is -4.26. The Bertz CT molecular complexity index is 556. The van der Waals surface area contributed by atoms with Crippen molar-refractivity contribution >= 4 is 0 Å². The maximum absolute atomic E-state index is 12.7. The maximum atomic E-state index is 12.7. The SMILES string of the molecule is FC(F)(F)c1cccc(CNCC2C3CN(CC4CC4)CC23)c1. The fourth-order valence-corrected chi connectivity index (χ4v) is 4.09. The van der Waals surface area contributed by atoms with Crippen molar-refractivity contribution in [3.05, 3.63) is 35.4 Å². The zero-order valence-corrected chi connectivity index (χ0v) is 13.1. The van der Waals surface area contributed by atoms with Gasteiger partial charge in [0.25, 0.3) is 0 Å². The van der Waals surface area contributed by atoms with E-state index in [-0.39, 0.29) is 0 Å². The van der Waals surface area contributed by atoms with Crippen molar-refractivity contribution < 1.29 is 13.2 Å². The van der Waals surface area contributed by atoms with Crippen LogP contribution >= 0.6 is 0 Å². The summed E-state index contributed by atoms with van der Waals surface area (Å²) in [5, 5.41) is 3.35. The molecule has 1 aromatic carbocycles. The Morgan fingerprint density at radius 1 is 1.13 bits per heavy atom. The van der Waals surface area contributed by atoms with Crippen molar-refractivity contribution in [3.8, 4) is 0 Å². The summed E-state index contributed by atoms with van der Waals surface area (Å²) in [6.45, 7) is 5.21. The lowest BCUT2D eigenvalue weighted by Crippen LogP contribution is -2.29. The molecule has 1 heterocycles. The van der Waals surface area contributed by atoms with Crippen molar-refractivity contribution in [2.45, 2.75) is 25.6 Å². The summed E-state index contributed by atoms with van der Waals surface area (Å²) < 4.78 is 38.1. The van der Waals surface area contributed by atoms with E-state index in [4.69, 9.17) is 0 Å². The number of benzene rings is 1. The molecule has 0 bridgehead atoms. The van der Waals surface area contributed by atoms with Crippen LogP contribution in [-0.4, -0.2) is 31.1 Å². The number of alkyl halides is 3. The van der Waals surface area contributed by atoms with E-state index in [1.807, 2.05) is 0 Å². The quantitative estimate of drug-likeness (QED) is 0.863. The van der Waals surface area contributed by atoms with Gasteiger partial charge < -0.3 is 10.2 Å². The highest BCUT2D eigenvalue weighted by atomic mass is 19.4. The van der Waals surface area contributed by atoms with Crippen LogP contribution in [0.15, 0.2) is 24.3 Å². The van der Waals surface area contributed by atoms with Crippen LogP contribution in [0.5, 0.6) is 0 Å². The van der Waals surface area contributed by atoms with Gasteiger partial charge in [0, 0.05) is 26.2 Å². The van der Waals surface area contributed by atoms with Gasteiger partial charge in [0.05, 0.1) is 5.56 Å². The summed E-state index contributed by atoms with van der Waals surface area (Å²) in [6, 6.07) is 5.62. The van der Waals surface area contributed by atoms with E-state index >= 15 is 0 Å². The van der Waals surface area contributed by atoms with Crippen LogP contribution in [0.4, 0.5) is 13.2 Å². The molecule has 4 rings (SSSR count). The van der Waals surface area contributed by atoms with Crippen LogP contribution in [0.1, 0.15) is 24.0 Å². The molecule has 23 heavy (non-hydrogen) atoms. The number of nitrogens with one attached hydrogen (secondary N) is 1. The van der Waals surface area contributed by atoms with Gasteiger partial charge in [-0.1, -0.05) is 18.2 Å². The number of nitrogens with zero attached hydrogens (tertiary/aromatic N) is 1. The first kappa shape index (κ1) is 15.5. The van der Waals surface area contributed by atoms with Gasteiger partial charge in [-0.25, -0.2) is 0 Å². The van der Waals surface area contributed by atoms with Crippen LogP contribution in [0.3, 0.4) is 0 Å². The first-order chi connectivity index (χ1) is 11.0. The lowest BCUT2D eigenvalue weighted by atomic mass is 10.1. The number of likely N-dealkylation sites (tertiary alicyclic amines) is 1. The summed E-state index contributed by atoms with van der Waals surface area (Å²) in [4.78, 5) is 2.61. The smallest absolute Gasteiger partial charge is 0.312 e. The fourth-order valence-electron chi connectivity index (χ4n) is 4.09. The molecule has 2 nitrogen and oxygen atoms in total. The molecule has 2 aliphatic carbocycles. The molecule has 1 aliphatic heterocycles. The van der Waals surface area contributed by atoms with Gasteiger partial charge in [0.1, 0.15) is 0 Å². The number of fused-ring (bicyclic) bond motifs is 1. The summed E-state index contributed by atoms with van der Waals surface area (Å²) in [5.41, 5.74) is 0.150. The second-order valence-electron chi connectivity index (χ2n) is 7.48. The average molecular weight is 324 g/mol. The Morgan fingerprint density at radius 2 is 1.87 bits per heavy atom. The van der Waals surface area contributed by atoms with E-state index in [1.54, 1.807) is 6.07 Å². The van der Waals surface area contributed by atoms with Gasteiger partial charge in [-0.05, 0) is 54.7 Å². The zero-order valence-electron chi connectivity index (χ0n) is 13.1. The van der Waals surface area contributed by atoms with E-state index in [9.17, 15) is 13.2 Å². The van der Waals surface area contributed by atoms with Gasteiger partial charge in [-0.2, -0.15) is 13.2 Å². The van der Waals surface area contributed by atoms with Gasteiger partial charge in [-0.15, -0.1) is 0 Å². The van der Waals surface area contributed by atoms with Gasteiger partial charge in [-0.3, -0.25) is 0 Å². The number of rotatable bonds is 6. The molecule has 0 amide bonds. The molecule has 2 atom stereocenters. The highest BCUT2D eigenvalue weighted by Crippen LogP contribution is 2.51. The molecular formula is C18H23F3N2. The first-order valence-corrected chi connectivity index (χ1v) is 8.60. The normalized spacial score (nSPS) is 30.5. The maximum Gasteiger partial charge on any atom is 0.416 e. The third-order valence-electron chi connectivity index (χ3n) is 5.62. The van der Waals surface area contributed by atoms with Crippen molar-refractivity contribution in [2.75, 3.05) is 26.2 Å². The lowest BCUT2D eigenvalue weighted by molar-refractivity contribution is -0.137. The molecule has 2 unspecified atom stereocenters. The molecule has 1 aromatic rings. The van der Waals surface area contributed by atoms with Crippen molar-refractivity contribution in [3.63, 3.8) is 0 Å². The highest BCUT2D eigenvalue weighted by molar-refractivity contribution is 5.25. The molecule has 1 saturated heterocycles. The van der Waals surface area contributed by atoms with Crippen molar-refractivity contribution in [1.82, 2.24) is 10.2 Å². The van der Waals surface area contributed by atoms with Crippen LogP contribution in [-0.2, 0) is 12.7 Å². The molecule has 0 spiro atoms. The minimum Gasteiger partial charge on any atom is -0.312 e. The standard InChI is InChI=1S/C18H23F3N2/c19-18(20,21)14-3-1-2-13(6-14)7-22-8-15-16-10-23(11-17(15)16)9-12-4-5-12/h1-3,6,12,15-17,22H,4-5,7-11H2. The largest absolute Gasteiger partial charge is 0.416 e. The topological polar surface area (TPSA) is 15.3 Å². The van der Waals surface area contributed by atoms with Crippen LogP contribution in [0.25, 0.3) is 0 Å². The summed E-state index contributed by atoms with van der Waals surface area (Å²) in [6.07, 6.45) is -1.43. The van der Waals surface area contributed by atoms with E-state index in [2.05, 4.69) is 10.2 Å². The second kappa shape index (κ2) is 5.78. The van der Waals surface area contributed by atoms with Crippen LogP contribution in [0.2, 0.25) is 0 Å². The Kier molecular flexibility index (Phi) is 3.88. The van der Waals surface area contributed by atoms with Crippen LogP contribution < -0.4 is 5.32 Å². The van der Waals surface area contributed by atoms with E-state index in [0.29, 0.717) is 12.1 Å². The molecule has 3 fully saturated rings.